The second-order valence-corrected chi connectivity index (χ2v) is 6.98. The molecule has 1 aromatic carbocycles. The fourth-order valence-corrected chi connectivity index (χ4v) is 3.30. The van der Waals surface area contributed by atoms with Gasteiger partial charge in [-0.05, 0) is 44.9 Å². The highest BCUT2D eigenvalue weighted by Gasteiger charge is 2.18. The van der Waals surface area contributed by atoms with Gasteiger partial charge in [0.05, 0.1) is 6.54 Å². The fourth-order valence-electron chi connectivity index (χ4n) is 3.30. The van der Waals surface area contributed by atoms with Gasteiger partial charge in [-0.2, -0.15) is 0 Å². The molecule has 0 amide bonds. The van der Waals surface area contributed by atoms with Crippen molar-refractivity contribution < 1.29 is 0 Å². The predicted molar refractivity (Wildman–Crippen MR) is 114 cm³/mol. The smallest absolute Gasteiger partial charge is 0.189 e. The molecule has 1 saturated carbocycles. The Morgan fingerprint density at radius 1 is 1.21 bits per heavy atom. The number of benzene rings is 1. The summed E-state index contributed by atoms with van der Waals surface area (Å²) in [5.41, 5.74) is 8.55. The van der Waals surface area contributed by atoms with E-state index in [2.05, 4.69) is 60.4 Å². The average Bonchev–Trinajstić information content (AvgIpc) is 2.54. The summed E-state index contributed by atoms with van der Waals surface area (Å²) in [7, 11) is 2.25. The summed E-state index contributed by atoms with van der Waals surface area (Å²) in [4.78, 5) is 6.99. The Labute approximate surface area is 164 Å². The largest absolute Gasteiger partial charge is 0.370 e. The normalized spacial score (nSPS) is 16.3. The summed E-state index contributed by atoms with van der Waals surface area (Å²) >= 11 is 0. The third-order valence-corrected chi connectivity index (χ3v) is 4.59. The van der Waals surface area contributed by atoms with Crippen molar-refractivity contribution in [3.63, 3.8) is 0 Å². The molecule has 0 saturated heterocycles. The van der Waals surface area contributed by atoms with E-state index in [9.17, 15) is 0 Å². The van der Waals surface area contributed by atoms with Crippen LogP contribution < -0.4 is 11.1 Å². The number of aliphatic imine (C=N–C) groups is 1. The molecule has 2 rings (SSSR count). The molecule has 24 heavy (non-hydrogen) atoms. The van der Waals surface area contributed by atoms with Crippen molar-refractivity contribution in [2.24, 2.45) is 10.7 Å². The SMILES string of the molecule is CC(C)NC(N)=NCc1ccccc1CN(C)C1CCCCC1.I. The van der Waals surface area contributed by atoms with E-state index < -0.39 is 0 Å². The molecule has 1 aliphatic carbocycles. The first-order chi connectivity index (χ1) is 11.1. The highest BCUT2D eigenvalue weighted by atomic mass is 127. The Kier molecular flexibility index (Phi) is 9.66. The zero-order chi connectivity index (χ0) is 16.7. The van der Waals surface area contributed by atoms with Crippen molar-refractivity contribution in [3.05, 3.63) is 35.4 Å². The van der Waals surface area contributed by atoms with E-state index in [1.165, 1.54) is 43.2 Å². The molecule has 1 aliphatic rings. The molecule has 5 heteroatoms. The molecule has 0 heterocycles. The number of hydrogen-bond donors (Lipinski definition) is 2. The Morgan fingerprint density at radius 3 is 2.46 bits per heavy atom. The first-order valence-electron chi connectivity index (χ1n) is 8.89. The van der Waals surface area contributed by atoms with Crippen molar-refractivity contribution in [2.45, 2.75) is 71.1 Å². The molecular formula is C19H33IN4. The number of rotatable bonds is 6. The Balaban J connectivity index is 0.00000288. The van der Waals surface area contributed by atoms with Gasteiger partial charge in [0.25, 0.3) is 0 Å². The monoisotopic (exact) mass is 444 g/mol. The van der Waals surface area contributed by atoms with Gasteiger partial charge in [0.1, 0.15) is 0 Å². The van der Waals surface area contributed by atoms with E-state index >= 15 is 0 Å². The van der Waals surface area contributed by atoms with Gasteiger partial charge in [0, 0.05) is 18.6 Å². The lowest BCUT2D eigenvalue weighted by Crippen LogP contribution is -2.36. The molecule has 1 aromatic rings. The number of halogens is 1. The molecule has 4 nitrogen and oxygen atoms in total. The maximum absolute atomic E-state index is 5.92. The van der Waals surface area contributed by atoms with E-state index in [0.717, 1.165) is 12.6 Å². The number of nitrogens with two attached hydrogens (primary N) is 1. The topological polar surface area (TPSA) is 53.6 Å². The van der Waals surface area contributed by atoms with Crippen molar-refractivity contribution in [1.82, 2.24) is 10.2 Å². The van der Waals surface area contributed by atoms with Crippen LogP contribution in [-0.4, -0.2) is 30.0 Å². The molecule has 1 fully saturated rings. The van der Waals surface area contributed by atoms with Gasteiger partial charge < -0.3 is 11.1 Å². The maximum Gasteiger partial charge on any atom is 0.189 e. The van der Waals surface area contributed by atoms with Crippen LogP contribution in [0.4, 0.5) is 0 Å². The quantitative estimate of drug-likeness (QED) is 0.398. The Hall–Kier alpha value is -0.820. The van der Waals surface area contributed by atoms with E-state index in [0.29, 0.717) is 18.5 Å². The second kappa shape index (κ2) is 10.9. The highest BCUT2D eigenvalue weighted by Crippen LogP contribution is 2.23. The molecule has 0 bridgehead atoms. The molecule has 0 radical (unpaired) electrons. The van der Waals surface area contributed by atoms with Crippen LogP contribution in [-0.2, 0) is 13.1 Å². The van der Waals surface area contributed by atoms with Gasteiger partial charge in [0.2, 0.25) is 0 Å². The van der Waals surface area contributed by atoms with Crippen LogP contribution in [0.3, 0.4) is 0 Å². The number of nitrogens with zero attached hydrogens (tertiary/aromatic N) is 2. The third-order valence-electron chi connectivity index (χ3n) is 4.59. The minimum absolute atomic E-state index is 0. The van der Waals surface area contributed by atoms with Gasteiger partial charge in [-0.25, -0.2) is 4.99 Å². The number of nitrogens with one attached hydrogen (secondary N) is 1. The molecule has 3 N–H and O–H groups in total. The van der Waals surface area contributed by atoms with Crippen LogP contribution in [0.5, 0.6) is 0 Å². The Bertz CT molecular complexity index is 510. The molecule has 136 valence electrons. The van der Waals surface area contributed by atoms with E-state index in [-0.39, 0.29) is 24.0 Å². The van der Waals surface area contributed by atoms with Crippen LogP contribution in [0.2, 0.25) is 0 Å². The standard InChI is InChI=1S/C19H32N4.HI/c1-15(2)22-19(20)21-13-16-9-7-8-10-17(16)14-23(3)18-11-5-4-6-12-18;/h7-10,15,18H,4-6,11-14H2,1-3H3,(H3,20,21,22);1H. The van der Waals surface area contributed by atoms with Crippen LogP contribution in [0.1, 0.15) is 57.1 Å². The second-order valence-electron chi connectivity index (χ2n) is 6.98. The van der Waals surface area contributed by atoms with Gasteiger partial charge >= 0.3 is 0 Å². The summed E-state index contributed by atoms with van der Waals surface area (Å²) < 4.78 is 0. The van der Waals surface area contributed by atoms with E-state index in [1.54, 1.807) is 0 Å². The van der Waals surface area contributed by atoms with Gasteiger partial charge in [0.15, 0.2) is 5.96 Å². The Morgan fingerprint density at radius 2 is 1.83 bits per heavy atom. The molecular weight excluding hydrogens is 411 g/mol. The maximum atomic E-state index is 5.92. The molecule has 0 aliphatic heterocycles. The summed E-state index contributed by atoms with van der Waals surface area (Å²) in [5, 5.41) is 3.14. The summed E-state index contributed by atoms with van der Waals surface area (Å²) in [5.74, 6) is 0.524. The van der Waals surface area contributed by atoms with Gasteiger partial charge in [-0.1, -0.05) is 43.5 Å². The first kappa shape index (κ1) is 21.2. The van der Waals surface area contributed by atoms with Crippen LogP contribution in [0.25, 0.3) is 0 Å². The van der Waals surface area contributed by atoms with Gasteiger partial charge in [-0.15, -0.1) is 24.0 Å². The lowest BCUT2D eigenvalue weighted by atomic mass is 9.94. The number of guanidine groups is 1. The summed E-state index contributed by atoms with van der Waals surface area (Å²) in [6.45, 7) is 5.76. The predicted octanol–water partition coefficient (Wildman–Crippen LogP) is 3.88. The average molecular weight is 444 g/mol. The van der Waals surface area contributed by atoms with Crippen LogP contribution >= 0.6 is 24.0 Å². The summed E-state index contributed by atoms with van der Waals surface area (Å²) in [6, 6.07) is 9.62. The fraction of sp³-hybridized carbons (Fsp3) is 0.632. The lowest BCUT2D eigenvalue weighted by molar-refractivity contribution is 0.184. The van der Waals surface area contributed by atoms with Crippen LogP contribution in [0, 0.1) is 0 Å². The molecule has 0 aromatic heterocycles. The van der Waals surface area contributed by atoms with Gasteiger partial charge in [-0.3, -0.25) is 4.90 Å². The van der Waals surface area contributed by atoms with E-state index in [1.807, 2.05) is 0 Å². The first-order valence-corrected chi connectivity index (χ1v) is 8.89. The third kappa shape index (κ3) is 6.97. The zero-order valence-corrected chi connectivity index (χ0v) is 17.6. The molecule has 0 atom stereocenters. The van der Waals surface area contributed by atoms with Crippen LogP contribution in [0.15, 0.2) is 29.3 Å². The number of hydrogen-bond acceptors (Lipinski definition) is 2. The highest BCUT2D eigenvalue weighted by molar-refractivity contribution is 14.0. The van der Waals surface area contributed by atoms with Crippen molar-refractivity contribution >= 4 is 29.9 Å². The van der Waals surface area contributed by atoms with Crippen molar-refractivity contribution in [1.29, 1.82) is 0 Å². The zero-order valence-electron chi connectivity index (χ0n) is 15.3. The molecule has 0 unspecified atom stereocenters. The lowest BCUT2D eigenvalue weighted by Gasteiger charge is -2.31. The minimum Gasteiger partial charge on any atom is -0.370 e. The summed E-state index contributed by atoms with van der Waals surface area (Å²) in [6.07, 6.45) is 6.82. The minimum atomic E-state index is 0. The molecule has 0 spiro atoms. The van der Waals surface area contributed by atoms with Crippen molar-refractivity contribution in [2.75, 3.05) is 7.05 Å². The van der Waals surface area contributed by atoms with Crippen molar-refractivity contribution in [3.8, 4) is 0 Å². The van der Waals surface area contributed by atoms with E-state index in [4.69, 9.17) is 5.73 Å².